The Morgan fingerprint density at radius 2 is 2.33 bits per heavy atom. The summed E-state index contributed by atoms with van der Waals surface area (Å²) in [6.07, 6.45) is 0. The first-order valence-electron chi connectivity index (χ1n) is 5.57. The summed E-state index contributed by atoms with van der Waals surface area (Å²) in [5, 5.41) is 11.9. The second kappa shape index (κ2) is 5.88. The topological polar surface area (TPSA) is 75.4 Å². The average Bonchev–Trinajstić information content (AvgIpc) is 2.79. The standard InChI is InChI=1S/C12H14N2O3S/c1-8(6-15)13-11(16)7-18-12-14-9-4-2-3-5-10(9)17-12/h2-5,8,15H,6-7H2,1H3,(H,13,16)/t8-/m1/s1. The predicted molar refractivity (Wildman–Crippen MR) is 69.4 cm³/mol. The predicted octanol–water partition coefficient (Wildman–Crippen LogP) is 1.42. The van der Waals surface area contributed by atoms with Gasteiger partial charge >= 0.3 is 0 Å². The van der Waals surface area contributed by atoms with Crippen LogP contribution in [0.15, 0.2) is 33.9 Å². The molecule has 0 unspecified atom stereocenters. The van der Waals surface area contributed by atoms with E-state index in [2.05, 4.69) is 10.3 Å². The van der Waals surface area contributed by atoms with Crippen LogP contribution in [0.1, 0.15) is 6.92 Å². The molecule has 2 rings (SSSR count). The van der Waals surface area contributed by atoms with Crippen LogP contribution in [0.4, 0.5) is 0 Å². The molecule has 0 saturated carbocycles. The van der Waals surface area contributed by atoms with E-state index < -0.39 is 0 Å². The van der Waals surface area contributed by atoms with Gasteiger partial charge in [0.2, 0.25) is 5.91 Å². The number of hydrogen-bond donors (Lipinski definition) is 2. The first kappa shape index (κ1) is 12.9. The molecule has 1 amide bonds. The van der Waals surface area contributed by atoms with Crippen LogP contribution in [0.2, 0.25) is 0 Å². The van der Waals surface area contributed by atoms with E-state index in [-0.39, 0.29) is 24.3 Å². The monoisotopic (exact) mass is 266 g/mol. The quantitative estimate of drug-likeness (QED) is 0.800. The Bertz CT molecular complexity index is 508. The number of nitrogens with one attached hydrogen (secondary N) is 1. The average molecular weight is 266 g/mol. The molecule has 0 aliphatic carbocycles. The lowest BCUT2D eigenvalue weighted by Gasteiger charge is -2.09. The lowest BCUT2D eigenvalue weighted by molar-refractivity contribution is -0.119. The van der Waals surface area contributed by atoms with Gasteiger partial charge in [-0.1, -0.05) is 23.9 Å². The van der Waals surface area contributed by atoms with Gasteiger partial charge in [0.25, 0.3) is 5.22 Å². The number of hydrogen-bond acceptors (Lipinski definition) is 5. The molecule has 0 fully saturated rings. The summed E-state index contributed by atoms with van der Waals surface area (Å²) in [6, 6.07) is 7.21. The van der Waals surface area contributed by atoms with Crippen molar-refractivity contribution in [3.8, 4) is 0 Å². The van der Waals surface area contributed by atoms with E-state index in [4.69, 9.17) is 9.52 Å². The van der Waals surface area contributed by atoms with Gasteiger partial charge in [0.15, 0.2) is 5.58 Å². The molecule has 2 aromatic rings. The van der Waals surface area contributed by atoms with E-state index in [0.29, 0.717) is 10.8 Å². The molecule has 2 N–H and O–H groups in total. The van der Waals surface area contributed by atoms with Crippen LogP contribution >= 0.6 is 11.8 Å². The van der Waals surface area contributed by atoms with Gasteiger partial charge in [0.1, 0.15) is 5.52 Å². The summed E-state index contributed by atoms with van der Waals surface area (Å²) in [5.41, 5.74) is 1.49. The summed E-state index contributed by atoms with van der Waals surface area (Å²) < 4.78 is 5.47. The van der Waals surface area contributed by atoms with Crippen molar-refractivity contribution in [2.75, 3.05) is 12.4 Å². The Balaban J connectivity index is 1.92. The minimum absolute atomic E-state index is 0.0701. The Morgan fingerprint density at radius 1 is 1.56 bits per heavy atom. The zero-order valence-corrected chi connectivity index (χ0v) is 10.7. The van der Waals surface area contributed by atoms with Crippen molar-refractivity contribution < 1.29 is 14.3 Å². The van der Waals surface area contributed by atoms with Gasteiger partial charge in [0, 0.05) is 6.04 Å². The first-order chi connectivity index (χ1) is 8.69. The van der Waals surface area contributed by atoms with Gasteiger partial charge in [-0.3, -0.25) is 4.79 Å². The number of aliphatic hydroxyl groups is 1. The van der Waals surface area contributed by atoms with Crippen LogP contribution in [0.25, 0.3) is 11.1 Å². The molecule has 1 heterocycles. The fourth-order valence-electron chi connectivity index (χ4n) is 1.40. The highest BCUT2D eigenvalue weighted by Gasteiger charge is 2.10. The van der Waals surface area contributed by atoms with Crippen LogP contribution in [0.3, 0.4) is 0 Å². The molecule has 1 atom stereocenters. The van der Waals surface area contributed by atoms with Crippen LogP contribution in [0.5, 0.6) is 0 Å². The molecule has 0 saturated heterocycles. The second-order valence-electron chi connectivity index (χ2n) is 3.89. The molecule has 0 spiro atoms. The van der Waals surface area contributed by atoms with E-state index in [1.54, 1.807) is 6.92 Å². The summed E-state index contributed by atoms with van der Waals surface area (Å²) in [7, 11) is 0. The third-order valence-corrected chi connectivity index (χ3v) is 3.11. The number of oxazole rings is 1. The van der Waals surface area contributed by atoms with Gasteiger partial charge in [-0.05, 0) is 19.1 Å². The molecule has 0 bridgehead atoms. The minimum Gasteiger partial charge on any atom is -0.431 e. The number of aromatic nitrogens is 1. The van der Waals surface area contributed by atoms with Crippen molar-refractivity contribution in [1.29, 1.82) is 0 Å². The van der Waals surface area contributed by atoms with Crippen molar-refractivity contribution in [1.82, 2.24) is 10.3 Å². The molecule has 0 aliphatic rings. The normalized spacial score (nSPS) is 12.6. The lowest BCUT2D eigenvalue weighted by atomic mass is 10.3. The highest BCUT2D eigenvalue weighted by atomic mass is 32.2. The first-order valence-corrected chi connectivity index (χ1v) is 6.56. The molecule has 1 aromatic carbocycles. The summed E-state index contributed by atoms with van der Waals surface area (Å²) in [4.78, 5) is 15.7. The Labute approximate surface area is 109 Å². The summed E-state index contributed by atoms with van der Waals surface area (Å²) in [5.74, 6) is 0.0702. The number of carbonyl (C=O) groups is 1. The second-order valence-corrected chi connectivity index (χ2v) is 4.81. The van der Waals surface area contributed by atoms with Crippen LogP contribution < -0.4 is 5.32 Å². The number of rotatable bonds is 5. The molecule has 0 radical (unpaired) electrons. The fourth-order valence-corrected chi connectivity index (χ4v) is 2.05. The number of nitrogens with zero attached hydrogens (tertiary/aromatic N) is 1. The number of benzene rings is 1. The van der Waals surface area contributed by atoms with Crippen molar-refractivity contribution in [2.24, 2.45) is 0 Å². The molecule has 0 aliphatic heterocycles. The van der Waals surface area contributed by atoms with Gasteiger partial charge < -0.3 is 14.8 Å². The maximum Gasteiger partial charge on any atom is 0.257 e. The molecule has 18 heavy (non-hydrogen) atoms. The van der Waals surface area contributed by atoms with Crippen molar-refractivity contribution >= 4 is 28.8 Å². The van der Waals surface area contributed by atoms with E-state index in [9.17, 15) is 4.79 Å². The molecule has 96 valence electrons. The van der Waals surface area contributed by atoms with Crippen molar-refractivity contribution in [3.63, 3.8) is 0 Å². The highest BCUT2D eigenvalue weighted by Crippen LogP contribution is 2.22. The van der Waals surface area contributed by atoms with E-state index >= 15 is 0 Å². The zero-order valence-electron chi connectivity index (χ0n) is 9.92. The summed E-state index contributed by atoms with van der Waals surface area (Å²) in [6.45, 7) is 1.67. The maximum absolute atomic E-state index is 11.5. The van der Waals surface area contributed by atoms with E-state index in [0.717, 1.165) is 5.52 Å². The number of thioether (sulfide) groups is 1. The lowest BCUT2D eigenvalue weighted by Crippen LogP contribution is -2.36. The smallest absolute Gasteiger partial charge is 0.257 e. The van der Waals surface area contributed by atoms with Gasteiger partial charge in [-0.2, -0.15) is 0 Å². The molecular formula is C12H14N2O3S. The van der Waals surface area contributed by atoms with Gasteiger partial charge in [0.05, 0.1) is 12.4 Å². The van der Waals surface area contributed by atoms with E-state index in [1.165, 1.54) is 11.8 Å². The van der Waals surface area contributed by atoms with Crippen LogP contribution in [-0.4, -0.2) is 34.4 Å². The zero-order chi connectivity index (χ0) is 13.0. The number of fused-ring (bicyclic) bond motifs is 1. The number of aliphatic hydroxyl groups excluding tert-OH is 1. The third kappa shape index (κ3) is 3.24. The number of amides is 1. The summed E-state index contributed by atoms with van der Waals surface area (Å²) >= 11 is 1.24. The van der Waals surface area contributed by atoms with E-state index in [1.807, 2.05) is 24.3 Å². The highest BCUT2D eigenvalue weighted by molar-refractivity contribution is 7.99. The van der Waals surface area contributed by atoms with Crippen LogP contribution in [-0.2, 0) is 4.79 Å². The van der Waals surface area contributed by atoms with Gasteiger partial charge in [-0.15, -0.1) is 0 Å². The minimum atomic E-state index is -0.235. The maximum atomic E-state index is 11.5. The fraction of sp³-hybridized carbons (Fsp3) is 0.333. The van der Waals surface area contributed by atoms with Crippen molar-refractivity contribution in [2.45, 2.75) is 18.2 Å². The Kier molecular flexibility index (Phi) is 4.22. The SMILES string of the molecule is C[C@H](CO)NC(=O)CSc1nc2ccccc2o1. The number of para-hydroxylation sites is 2. The van der Waals surface area contributed by atoms with Gasteiger partial charge in [-0.25, -0.2) is 4.98 Å². The molecule has 6 heteroatoms. The Hall–Kier alpha value is -1.53. The molecule has 1 aromatic heterocycles. The van der Waals surface area contributed by atoms with Crippen molar-refractivity contribution in [3.05, 3.63) is 24.3 Å². The Morgan fingerprint density at radius 3 is 3.06 bits per heavy atom. The molecule has 5 nitrogen and oxygen atoms in total. The van der Waals surface area contributed by atoms with Crippen LogP contribution in [0, 0.1) is 0 Å². The number of carbonyl (C=O) groups excluding carboxylic acids is 1. The molecular weight excluding hydrogens is 252 g/mol. The third-order valence-electron chi connectivity index (χ3n) is 2.28. The largest absolute Gasteiger partial charge is 0.431 e.